The molecule has 3 rings (SSSR count). The predicted octanol–water partition coefficient (Wildman–Crippen LogP) is 3.64. The largest absolute Gasteiger partial charge is 0.398 e. The van der Waals surface area contributed by atoms with Gasteiger partial charge in [-0.15, -0.1) is 0 Å². The number of aromatic nitrogens is 1. The van der Waals surface area contributed by atoms with Gasteiger partial charge in [0.25, 0.3) is 0 Å². The Kier molecular flexibility index (Phi) is 2.99. The molecular weight excluding hydrogens is 272 g/mol. The number of nitrogen functional groups attached to an aromatic ring is 1. The second-order valence-electron chi connectivity index (χ2n) is 4.73. The van der Waals surface area contributed by atoms with Crippen molar-refractivity contribution >= 4 is 34.0 Å². The van der Waals surface area contributed by atoms with Gasteiger partial charge in [0.1, 0.15) is 0 Å². The van der Waals surface area contributed by atoms with E-state index in [0.29, 0.717) is 21.8 Å². The predicted molar refractivity (Wildman–Crippen MR) is 82.2 cm³/mol. The van der Waals surface area contributed by atoms with Crippen molar-refractivity contribution in [2.45, 2.75) is 0 Å². The van der Waals surface area contributed by atoms with Gasteiger partial charge in [0, 0.05) is 46.0 Å². The molecule has 4 heteroatoms. The number of hydrogen-bond acceptors (Lipinski definition) is 2. The molecule has 2 N–H and O–H groups in total. The fraction of sp³-hybridized carbons (Fsp3) is 0.0625. The van der Waals surface area contributed by atoms with Crippen LogP contribution in [0.2, 0.25) is 5.02 Å². The van der Waals surface area contributed by atoms with E-state index >= 15 is 0 Å². The third kappa shape index (κ3) is 1.96. The van der Waals surface area contributed by atoms with Crippen LogP contribution in [0.25, 0.3) is 10.9 Å². The van der Waals surface area contributed by atoms with Crippen LogP contribution in [0.3, 0.4) is 0 Å². The van der Waals surface area contributed by atoms with Gasteiger partial charge in [0.2, 0.25) is 0 Å². The lowest BCUT2D eigenvalue weighted by molar-refractivity contribution is 0.104. The summed E-state index contributed by atoms with van der Waals surface area (Å²) < 4.78 is 1.94. The SMILES string of the molecule is Cn1cc(C(=O)c2ccc(Cl)cc2N)c2ccccc21. The number of hydrogen-bond donors (Lipinski definition) is 1. The lowest BCUT2D eigenvalue weighted by atomic mass is 10.0. The Labute approximate surface area is 121 Å². The summed E-state index contributed by atoms with van der Waals surface area (Å²) in [6.07, 6.45) is 1.83. The average Bonchev–Trinajstić information content (AvgIpc) is 2.76. The smallest absolute Gasteiger partial charge is 0.197 e. The minimum Gasteiger partial charge on any atom is -0.398 e. The van der Waals surface area contributed by atoms with E-state index in [9.17, 15) is 4.79 Å². The Morgan fingerprint density at radius 2 is 1.90 bits per heavy atom. The number of nitrogens with zero attached hydrogens (tertiary/aromatic N) is 1. The van der Waals surface area contributed by atoms with Crippen LogP contribution in [0.5, 0.6) is 0 Å². The van der Waals surface area contributed by atoms with Gasteiger partial charge in [-0.1, -0.05) is 29.8 Å². The Bertz CT molecular complexity index is 820. The van der Waals surface area contributed by atoms with Crippen LogP contribution in [0.15, 0.2) is 48.7 Å². The van der Waals surface area contributed by atoms with Crippen LogP contribution in [0.1, 0.15) is 15.9 Å². The highest BCUT2D eigenvalue weighted by molar-refractivity contribution is 6.31. The van der Waals surface area contributed by atoms with Gasteiger partial charge >= 0.3 is 0 Å². The zero-order chi connectivity index (χ0) is 14.3. The van der Waals surface area contributed by atoms with Crippen molar-refractivity contribution in [3.8, 4) is 0 Å². The van der Waals surface area contributed by atoms with Crippen LogP contribution in [-0.4, -0.2) is 10.4 Å². The third-order valence-electron chi connectivity index (χ3n) is 3.40. The molecule has 0 fully saturated rings. The topological polar surface area (TPSA) is 48.0 Å². The van der Waals surface area contributed by atoms with Gasteiger partial charge < -0.3 is 10.3 Å². The normalized spacial score (nSPS) is 10.9. The number of fused-ring (bicyclic) bond motifs is 1. The van der Waals surface area contributed by atoms with E-state index in [2.05, 4.69) is 0 Å². The third-order valence-corrected chi connectivity index (χ3v) is 3.63. The maximum Gasteiger partial charge on any atom is 0.197 e. The molecule has 3 nitrogen and oxygen atoms in total. The monoisotopic (exact) mass is 284 g/mol. The molecular formula is C16H13ClN2O. The highest BCUT2D eigenvalue weighted by Gasteiger charge is 2.17. The van der Waals surface area contributed by atoms with Crippen molar-refractivity contribution < 1.29 is 4.79 Å². The molecule has 0 saturated carbocycles. The molecule has 0 spiro atoms. The van der Waals surface area contributed by atoms with Crippen molar-refractivity contribution in [2.75, 3.05) is 5.73 Å². The molecule has 0 bridgehead atoms. The Hall–Kier alpha value is -2.26. The summed E-state index contributed by atoms with van der Waals surface area (Å²) in [6.45, 7) is 0. The lowest BCUT2D eigenvalue weighted by Gasteiger charge is -2.04. The molecule has 1 heterocycles. The van der Waals surface area contributed by atoms with Crippen LogP contribution >= 0.6 is 11.6 Å². The van der Waals surface area contributed by atoms with Crippen molar-refractivity contribution in [1.29, 1.82) is 0 Å². The van der Waals surface area contributed by atoms with Gasteiger partial charge in [0.05, 0.1) is 0 Å². The Morgan fingerprint density at radius 3 is 2.65 bits per heavy atom. The van der Waals surface area contributed by atoms with E-state index < -0.39 is 0 Å². The maximum atomic E-state index is 12.7. The zero-order valence-electron chi connectivity index (χ0n) is 10.9. The minimum absolute atomic E-state index is 0.0871. The number of carbonyl (C=O) groups excluding carboxylic acids is 1. The first-order chi connectivity index (χ1) is 9.58. The Morgan fingerprint density at radius 1 is 1.15 bits per heavy atom. The second-order valence-corrected chi connectivity index (χ2v) is 5.17. The molecule has 0 aliphatic rings. The number of ketones is 1. The van der Waals surface area contributed by atoms with Gasteiger partial charge in [0.15, 0.2) is 5.78 Å². The van der Waals surface area contributed by atoms with E-state index in [0.717, 1.165) is 10.9 Å². The van der Waals surface area contributed by atoms with Crippen LogP contribution in [0, 0.1) is 0 Å². The molecule has 1 aromatic heterocycles. The molecule has 20 heavy (non-hydrogen) atoms. The number of aryl methyl sites for hydroxylation is 1. The highest BCUT2D eigenvalue weighted by Crippen LogP contribution is 2.26. The van der Waals surface area contributed by atoms with Crippen molar-refractivity contribution in [1.82, 2.24) is 4.57 Å². The number of anilines is 1. The van der Waals surface area contributed by atoms with E-state index in [1.165, 1.54) is 0 Å². The lowest BCUT2D eigenvalue weighted by Crippen LogP contribution is -2.04. The molecule has 0 saturated heterocycles. The molecule has 100 valence electrons. The Balaban J connectivity index is 2.18. The van der Waals surface area contributed by atoms with Crippen LogP contribution < -0.4 is 5.73 Å². The minimum atomic E-state index is -0.0871. The van der Waals surface area contributed by atoms with Gasteiger partial charge in [-0.2, -0.15) is 0 Å². The van der Waals surface area contributed by atoms with E-state index in [1.54, 1.807) is 18.2 Å². The summed E-state index contributed by atoms with van der Waals surface area (Å²) in [5, 5.41) is 1.45. The fourth-order valence-electron chi connectivity index (χ4n) is 2.41. The molecule has 0 aliphatic heterocycles. The quantitative estimate of drug-likeness (QED) is 0.577. The van der Waals surface area contributed by atoms with Crippen molar-refractivity contribution in [2.24, 2.45) is 7.05 Å². The van der Waals surface area contributed by atoms with Crippen molar-refractivity contribution in [3.63, 3.8) is 0 Å². The first kappa shape index (κ1) is 12.8. The number of carbonyl (C=O) groups is 1. The summed E-state index contributed by atoms with van der Waals surface area (Å²) in [7, 11) is 1.92. The zero-order valence-corrected chi connectivity index (χ0v) is 11.7. The summed E-state index contributed by atoms with van der Waals surface area (Å²) >= 11 is 5.87. The second kappa shape index (κ2) is 4.69. The van der Waals surface area contributed by atoms with Gasteiger partial charge in [-0.05, 0) is 24.3 Å². The van der Waals surface area contributed by atoms with Gasteiger partial charge in [-0.3, -0.25) is 4.79 Å². The van der Waals surface area contributed by atoms with Crippen LogP contribution in [0.4, 0.5) is 5.69 Å². The maximum absolute atomic E-state index is 12.7. The van der Waals surface area contributed by atoms with Crippen molar-refractivity contribution in [3.05, 3.63) is 64.8 Å². The fourth-order valence-corrected chi connectivity index (χ4v) is 2.59. The summed E-state index contributed by atoms with van der Waals surface area (Å²) in [4.78, 5) is 12.7. The average molecular weight is 285 g/mol. The van der Waals surface area contributed by atoms with Gasteiger partial charge in [-0.25, -0.2) is 0 Å². The van der Waals surface area contributed by atoms with E-state index in [-0.39, 0.29) is 5.78 Å². The van der Waals surface area contributed by atoms with Crippen LogP contribution in [-0.2, 0) is 7.05 Å². The number of rotatable bonds is 2. The molecule has 0 unspecified atom stereocenters. The molecule has 0 radical (unpaired) electrons. The number of nitrogens with two attached hydrogens (primary N) is 1. The number of halogens is 1. The first-order valence-corrected chi connectivity index (χ1v) is 6.59. The molecule has 0 aliphatic carbocycles. The summed E-state index contributed by atoms with van der Waals surface area (Å²) in [5.41, 5.74) is 8.44. The molecule has 0 amide bonds. The molecule has 3 aromatic rings. The molecule has 2 aromatic carbocycles. The number of benzene rings is 2. The summed E-state index contributed by atoms with van der Waals surface area (Å²) in [5.74, 6) is -0.0871. The standard InChI is InChI=1S/C16H13ClN2O/c1-19-9-13(11-4-2-3-5-15(11)19)16(20)12-7-6-10(17)8-14(12)18/h2-9H,18H2,1H3. The molecule has 0 atom stereocenters. The number of para-hydroxylation sites is 1. The summed E-state index contributed by atoms with van der Waals surface area (Å²) in [6, 6.07) is 12.7. The first-order valence-electron chi connectivity index (χ1n) is 6.21. The highest BCUT2D eigenvalue weighted by atomic mass is 35.5. The van der Waals surface area contributed by atoms with E-state index in [4.69, 9.17) is 17.3 Å². The van der Waals surface area contributed by atoms with E-state index in [1.807, 2.05) is 42.1 Å².